The third kappa shape index (κ3) is 1.70. The minimum Gasteiger partial charge on any atom is -0.299 e. The van der Waals surface area contributed by atoms with Crippen molar-refractivity contribution >= 4 is 5.78 Å². The summed E-state index contributed by atoms with van der Waals surface area (Å²) in [6.07, 6.45) is 8.69. The number of Topliss-reactive ketones (excluding diaryl/α,β-unsaturated/α-hetero) is 1. The Morgan fingerprint density at radius 3 is 2.77 bits per heavy atom. The van der Waals surface area contributed by atoms with Gasteiger partial charge in [-0.25, -0.2) is 0 Å². The van der Waals surface area contributed by atoms with Crippen LogP contribution in [0.4, 0.5) is 0 Å². The molecular formula is C12H18O. The molecule has 72 valence electrons. The van der Waals surface area contributed by atoms with Gasteiger partial charge in [-0.1, -0.05) is 12.5 Å². The van der Waals surface area contributed by atoms with Gasteiger partial charge < -0.3 is 0 Å². The molecule has 3 unspecified atom stereocenters. The Morgan fingerprint density at radius 1 is 1.38 bits per heavy atom. The zero-order valence-electron chi connectivity index (χ0n) is 8.17. The van der Waals surface area contributed by atoms with Gasteiger partial charge in [-0.2, -0.15) is 0 Å². The minimum atomic E-state index is 0.429. The zero-order chi connectivity index (χ0) is 9.26. The number of fused-ring (bicyclic) bond motifs is 2. The maximum absolute atomic E-state index is 11.7. The molecule has 0 spiro atoms. The summed E-state index contributed by atoms with van der Waals surface area (Å²) in [4.78, 5) is 11.7. The van der Waals surface area contributed by atoms with Crippen molar-refractivity contribution in [2.75, 3.05) is 0 Å². The number of carbonyl (C=O) groups excluding carboxylic acids is 1. The SMILES string of the molecule is C=CCCC(=O)C1CC2CCC1C2. The number of hydrogen-bond donors (Lipinski definition) is 0. The van der Waals surface area contributed by atoms with Crippen molar-refractivity contribution < 1.29 is 4.79 Å². The molecule has 2 rings (SSSR count). The highest BCUT2D eigenvalue weighted by atomic mass is 16.1. The van der Waals surface area contributed by atoms with E-state index < -0.39 is 0 Å². The summed E-state index contributed by atoms with van der Waals surface area (Å²) in [5.41, 5.74) is 0. The predicted molar refractivity (Wildman–Crippen MR) is 53.4 cm³/mol. The van der Waals surface area contributed by atoms with E-state index in [1.165, 1.54) is 25.7 Å². The van der Waals surface area contributed by atoms with Crippen molar-refractivity contribution in [3.8, 4) is 0 Å². The molecule has 2 bridgehead atoms. The van der Waals surface area contributed by atoms with Gasteiger partial charge in [0.2, 0.25) is 0 Å². The lowest BCUT2D eigenvalue weighted by Crippen LogP contribution is -2.20. The summed E-state index contributed by atoms with van der Waals surface area (Å²) in [5.74, 6) is 2.58. The number of ketones is 1. The maximum atomic E-state index is 11.7. The van der Waals surface area contributed by atoms with Gasteiger partial charge >= 0.3 is 0 Å². The number of allylic oxidation sites excluding steroid dienone is 1. The van der Waals surface area contributed by atoms with E-state index in [1.807, 2.05) is 6.08 Å². The van der Waals surface area contributed by atoms with Crippen molar-refractivity contribution in [3.63, 3.8) is 0 Å². The fourth-order valence-corrected chi connectivity index (χ4v) is 3.07. The fraction of sp³-hybridized carbons (Fsp3) is 0.750. The van der Waals surface area contributed by atoms with Gasteiger partial charge in [0.15, 0.2) is 0 Å². The Morgan fingerprint density at radius 2 is 2.23 bits per heavy atom. The Kier molecular flexibility index (Phi) is 2.52. The summed E-state index contributed by atoms with van der Waals surface area (Å²) in [6, 6.07) is 0. The third-order valence-corrected chi connectivity index (χ3v) is 3.75. The lowest BCUT2D eigenvalue weighted by molar-refractivity contribution is -0.124. The van der Waals surface area contributed by atoms with Crippen LogP contribution < -0.4 is 0 Å². The van der Waals surface area contributed by atoms with Gasteiger partial charge in [0.05, 0.1) is 0 Å². The highest BCUT2D eigenvalue weighted by Crippen LogP contribution is 2.48. The van der Waals surface area contributed by atoms with Crippen molar-refractivity contribution in [1.29, 1.82) is 0 Å². The van der Waals surface area contributed by atoms with Crippen LogP contribution in [0.15, 0.2) is 12.7 Å². The molecule has 0 aromatic carbocycles. The molecule has 2 fully saturated rings. The van der Waals surface area contributed by atoms with Gasteiger partial charge in [0, 0.05) is 12.3 Å². The Balaban J connectivity index is 1.87. The average Bonchev–Trinajstić information content (AvgIpc) is 2.74. The van der Waals surface area contributed by atoms with Gasteiger partial charge in [-0.05, 0) is 37.5 Å². The molecule has 0 saturated heterocycles. The lowest BCUT2D eigenvalue weighted by atomic mass is 9.84. The maximum Gasteiger partial charge on any atom is 0.136 e. The smallest absolute Gasteiger partial charge is 0.136 e. The van der Waals surface area contributed by atoms with Crippen LogP contribution in [0.3, 0.4) is 0 Å². The van der Waals surface area contributed by atoms with Crippen molar-refractivity contribution in [1.82, 2.24) is 0 Å². The number of carbonyl (C=O) groups is 1. The van der Waals surface area contributed by atoms with E-state index >= 15 is 0 Å². The van der Waals surface area contributed by atoms with E-state index in [-0.39, 0.29) is 0 Å². The first-order valence-corrected chi connectivity index (χ1v) is 5.45. The highest BCUT2D eigenvalue weighted by Gasteiger charge is 2.42. The van der Waals surface area contributed by atoms with E-state index in [2.05, 4.69) is 6.58 Å². The van der Waals surface area contributed by atoms with Crippen LogP contribution in [0.5, 0.6) is 0 Å². The van der Waals surface area contributed by atoms with E-state index in [9.17, 15) is 4.79 Å². The second-order valence-electron chi connectivity index (χ2n) is 4.58. The molecule has 13 heavy (non-hydrogen) atoms. The van der Waals surface area contributed by atoms with Crippen molar-refractivity contribution in [2.24, 2.45) is 17.8 Å². The second-order valence-corrected chi connectivity index (χ2v) is 4.58. The largest absolute Gasteiger partial charge is 0.299 e. The van der Waals surface area contributed by atoms with E-state index in [4.69, 9.17) is 0 Å². The molecule has 0 N–H and O–H groups in total. The Bertz CT molecular complexity index is 219. The molecule has 0 aromatic heterocycles. The van der Waals surface area contributed by atoms with E-state index in [0.29, 0.717) is 11.7 Å². The van der Waals surface area contributed by atoms with Gasteiger partial charge in [0.25, 0.3) is 0 Å². The van der Waals surface area contributed by atoms with Crippen molar-refractivity contribution in [2.45, 2.75) is 38.5 Å². The molecule has 1 nitrogen and oxygen atoms in total. The van der Waals surface area contributed by atoms with Crippen LogP contribution in [-0.4, -0.2) is 5.78 Å². The summed E-state index contributed by atoms with van der Waals surface area (Å²) in [7, 11) is 0. The third-order valence-electron chi connectivity index (χ3n) is 3.75. The summed E-state index contributed by atoms with van der Waals surface area (Å²) in [5, 5.41) is 0. The standard InChI is InChI=1S/C12H18O/c1-2-3-4-12(13)11-8-9-5-6-10(11)7-9/h2,9-11H,1,3-8H2. The molecule has 2 aliphatic rings. The molecule has 0 heterocycles. The van der Waals surface area contributed by atoms with Crippen molar-refractivity contribution in [3.05, 3.63) is 12.7 Å². The Hall–Kier alpha value is -0.590. The minimum absolute atomic E-state index is 0.429. The van der Waals surface area contributed by atoms with E-state index in [0.717, 1.165) is 24.7 Å². The summed E-state index contributed by atoms with van der Waals surface area (Å²) in [6.45, 7) is 3.65. The predicted octanol–water partition coefficient (Wildman–Crippen LogP) is 2.96. The molecular weight excluding hydrogens is 160 g/mol. The second kappa shape index (κ2) is 3.65. The first-order valence-electron chi connectivity index (χ1n) is 5.45. The lowest BCUT2D eigenvalue weighted by Gasteiger charge is -2.19. The molecule has 1 heteroatoms. The van der Waals surface area contributed by atoms with Crippen LogP contribution in [0.25, 0.3) is 0 Å². The summed E-state index contributed by atoms with van der Waals surface area (Å²) < 4.78 is 0. The molecule has 0 radical (unpaired) electrons. The molecule has 0 amide bonds. The molecule has 0 aliphatic heterocycles. The van der Waals surface area contributed by atoms with Gasteiger partial charge in [-0.15, -0.1) is 6.58 Å². The van der Waals surface area contributed by atoms with Crippen LogP contribution >= 0.6 is 0 Å². The zero-order valence-corrected chi connectivity index (χ0v) is 8.17. The van der Waals surface area contributed by atoms with Crippen LogP contribution in [0, 0.1) is 17.8 Å². The van der Waals surface area contributed by atoms with Crippen LogP contribution in [0.1, 0.15) is 38.5 Å². The highest BCUT2D eigenvalue weighted by molar-refractivity contribution is 5.81. The first-order chi connectivity index (χ1) is 6.31. The average molecular weight is 178 g/mol. The summed E-state index contributed by atoms with van der Waals surface area (Å²) >= 11 is 0. The number of hydrogen-bond acceptors (Lipinski definition) is 1. The first kappa shape index (κ1) is 8.98. The van der Waals surface area contributed by atoms with Crippen LogP contribution in [-0.2, 0) is 4.79 Å². The number of rotatable bonds is 4. The molecule has 2 saturated carbocycles. The normalized spacial score (nSPS) is 36.5. The van der Waals surface area contributed by atoms with E-state index in [1.54, 1.807) is 0 Å². The van der Waals surface area contributed by atoms with Gasteiger partial charge in [0.1, 0.15) is 5.78 Å². The molecule has 2 aliphatic carbocycles. The quantitative estimate of drug-likeness (QED) is 0.605. The topological polar surface area (TPSA) is 17.1 Å². The van der Waals surface area contributed by atoms with Gasteiger partial charge in [-0.3, -0.25) is 4.79 Å². The Labute approximate surface area is 80.2 Å². The monoisotopic (exact) mass is 178 g/mol. The molecule has 0 aromatic rings. The fourth-order valence-electron chi connectivity index (χ4n) is 3.07. The van der Waals surface area contributed by atoms with Crippen LogP contribution in [0.2, 0.25) is 0 Å². The molecule has 3 atom stereocenters.